The number of Topliss-reactive ketones (excluding diaryl/α,β-unsaturated/α-hetero) is 1. The largest absolute Gasteiger partial charge is 0.292 e. The van der Waals surface area contributed by atoms with Crippen LogP contribution in [0.1, 0.15) is 54.8 Å². The highest BCUT2D eigenvalue weighted by atomic mass is 35.5. The molecule has 4 aromatic rings. The van der Waals surface area contributed by atoms with Crippen LogP contribution < -0.4 is 0 Å². The first-order valence-electron chi connectivity index (χ1n) is 13.2. The van der Waals surface area contributed by atoms with Crippen molar-refractivity contribution >= 4 is 35.1 Å². The van der Waals surface area contributed by atoms with E-state index < -0.39 is 41.9 Å². The molecule has 2 bridgehead atoms. The van der Waals surface area contributed by atoms with E-state index in [1.54, 1.807) is 48.5 Å². The summed E-state index contributed by atoms with van der Waals surface area (Å²) >= 11 is 6.38. The number of amides is 3. The van der Waals surface area contributed by atoms with Gasteiger partial charge < -0.3 is 0 Å². The molecular formula is C33H23ClN2O4. The topological polar surface area (TPSA) is 74.8 Å². The fourth-order valence-corrected chi connectivity index (χ4v) is 6.97. The number of carbonyl (C=O) groups is 4. The summed E-state index contributed by atoms with van der Waals surface area (Å²) in [6.07, 6.45) is 0. The average molecular weight is 547 g/mol. The van der Waals surface area contributed by atoms with Crippen molar-refractivity contribution in [2.75, 3.05) is 6.54 Å². The summed E-state index contributed by atoms with van der Waals surface area (Å²) in [6.45, 7) is -0.486. The van der Waals surface area contributed by atoms with Crippen LogP contribution in [0.25, 0.3) is 0 Å². The molecule has 40 heavy (non-hydrogen) atoms. The maximum Gasteiger partial charge on any atom is 0.274 e. The van der Waals surface area contributed by atoms with Gasteiger partial charge in [0.25, 0.3) is 17.7 Å². The van der Waals surface area contributed by atoms with Crippen molar-refractivity contribution in [3.8, 4) is 0 Å². The van der Waals surface area contributed by atoms with E-state index >= 15 is 0 Å². The van der Waals surface area contributed by atoms with E-state index in [1.807, 2.05) is 48.5 Å². The van der Waals surface area contributed by atoms with Crippen molar-refractivity contribution in [2.45, 2.75) is 11.8 Å². The highest BCUT2D eigenvalue weighted by Crippen LogP contribution is 2.61. The van der Waals surface area contributed by atoms with Gasteiger partial charge in [-0.3, -0.25) is 19.2 Å². The molecule has 1 aliphatic heterocycles. The quantitative estimate of drug-likeness (QED) is 0.246. The van der Waals surface area contributed by atoms with Crippen LogP contribution in [0.3, 0.4) is 0 Å². The Morgan fingerprint density at radius 1 is 0.650 bits per heavy atom. The molecule has 0 saturated carbocycles. The lowest BCUT2D eigenvalue weighted by atomic mass is 9.55. The Hall–Kier alpha value is -4.55. The van der Waals surface area contributed by atoms with Crippen molar-refractivity contribution in [3.63, 3.8) is 0 Å². The molecule has 1 heterocycles. The van der Waals surface area contributed by atoms with Crippen molar-refractivity contribution < 1.29 is 19.2 Å². The number of hydrogen-bond acceptors (Lipinski definition) is 4. The monoisotopic (exact) mass is 546 g/mol. The van der Waals surface area contributed by atoms with Crippen LogP contribution in [0.15, 0.2) is 103 Å². The minimum Gasteiger partial charge on any atom is -0.292 e. The molecule has 3 amide bonds. The van der Waals surface area contributed by atoms with E-state index in [1.165, 1.54) is 6.07 Å². The SMILES string of the molecule is O=C(CN(C(=O)c1ccccc1Cl)N1C(=O)[C@@H]2C3c4ccccc4C(c4ccccc43)[C@@H]2C1=O)c1ccccc1. The first-order chi connectivity index (χ1) is 19.5. The van der Waals surface area contributed by atoms with Crippen LogP contribution in [0.2, 0.25) is 5.02 Å². The van der Waals surface area contributed by atoms with Gasteiger partial charge in [-0.05, 0) is 34.4 Å². The maximum atomic E-state index is 14.3. The van der Waals surface area contributed by atoms with Gasteiger partial charge in [0.15, 0.2) is 5.78 Å². The Morgan fingerprint density at radius 3 is 1.60 bits per heavy atom. The number of rotatable bonds is 5. The molecule has 0 aromatic heterocycles. The molecule has 4 aromatic carbocycles. The van der Waals surface area contributed by atoms with Crippen molar-refractivity contribution in [2.24, 2.45) is 11.8 Å². The maximum absolute atomic E-state index is 14.3. The molecule has 2 atom stereocenters. The molecular weight excluding hydrogens is 524 g/mol. The van der Waals surface area contributed by atoms with E-state index in [4.69, 9.17) is 11.6 Å². The summed E-state index contributed by atoms with van der Waals surface area (Å²) in [5.41, 5.74) is 4.59. The third-order valence-corrected chi connectivity index (χ3v) is 8.72. The second kappa shape index (κ2) is 9.28. The molecule has 0 spiro atoms. The summed E-state index contributed by atoms with van der Waals surface area (Å²) in [4.78, 5) is 56.0. The number of hydrazine groups is 1. The minimum absolute atomic E-state index is 0.107. The molecule has 4 aliphatic rings. The average Bonchev–Trinajstić information content (AvgIpc) is 3.26. The standard InChI is InChI=1S/C33H23ClN2O4/c34-25-17-9-8-16-24(25)31(38)35(18-26(37)19-10-2-1-3-11-19)36-32(39)29-27-20-12-4-5-13-21(20)28(30(29)33(36)40)23-15-7-6-14-22(23)27/h1-17,27-30H,18H2/t27?,28?,29-,30+. The highest BCUT2D eigenvalue weighted by molar-refractivity contribution is 6.34. The fourth-order valence-electron chi connectivity index (χ4n) is 6.76. The predicted molar refractivity (Wildman–Crippen MR) is 149 cm³/mol. The van der Waals surface area contributed by atoms with Crippen molar-refractivity contribution in [1.82, 2.24) is 10.0 Å². The van der Waals surface area contributed by atoms with Gasteiger partial charge in [0.1, 0.15) is 6.54 Å². The van der Waals surface area contributed by atoms with E-state index in [0.29, 0.717) is 5.56 Å². The number of ketones is 1. The molecule has 196 valence electrons. The van der Waals surface area contributed by atoms with Crippen molar-refractivity contribution in [3.05, 3.63) is 142 Å². The van der Waals surface area contributed by atoms with Crippen LogP contribution in [-0.4, -0.2) is 40.1 Å². The van der Waals surface area contributed by atoms with E-state index in [2.05, 4.69) is 0 Å². The normalized spacial score (nSPS) is 22.0. The Kier molecular flexibility index (Phi) is 5.68. The highest BCUT2D eigenvalue weighted by Gasteiger charge is 2.63. The lowest BCUT2D eigenvalue weighted by molar-refractivity contribution is -0.154. The van der Waals surface area contributed by atoms with Crippen LogP contribution >= 0.6 is 11.6 Å². The minimum atomic E-state index is -0.685. The van der Waals surface area contributed by atoms with Gasteiger partial charge in [-0.2, -0.15) is 5.01 Å². The zero-order valence-electron chi connectivity index (χ0n) is 21.2. The zero-order valence-corrected chi connectivity index (χ0v) is 22.0. The number of nitrogens with zero attached hydrogens (tertiary/aromatic N) is 2. The molecule has 1 fully saturated rings. The van der Waals surface area contributed by atoms with Gasteiger partial charge in [-0.15, -0.1) is 0 Å². The number of hydrogen-bond donors (Lipinski definition) is 0. The first kappa shape index (κ1) is 24.5. The van der Waals surface area contributed by atoms with E-state index in [9.17, 15) is 19.2 Å². The second-order valence-electron chi connectivity index (χ2n) is 10.4. The Bertz CT molecular complexity index is 1600. The van der Waals surface area contributed by atoms with Crippen molar-refractivity contribution in [1.29, 1.82) is 0 Å². The van der Waals surface area contributed by atoms with Gasteiger partial charge >= 0.3 is 0 Å². The molecule has 8 rings (SSSR count). The number of halogens is 1. The predicted octanol–water partition coefficient (Wildman–Crippen LogP) is 5.47. The number of benzene rings is 4. The van der Waals surface area contributed by atoms with Crippen LogP contribution in [0, 0.1) is 11.8 Å². The zero-order chi connectivity index (χ0) is 27.5. The summed E-state index contributed by atoms with van der Waals surface area (Å²) in [7, 11) is 0. The third-order valence-electron chi connectivity index (χ3n) is 8.39. The first-order valence-corrected chi connectivity index (χ1v) is 13.5. The molecule has 7 heteroatoms. The Morgan fingerprint density at radius 2 is 1.10 bits per heavy atom. The number of imide groups is 1. The summed E-state index contributed by atoms with van der Waals surface area (Å²) in [5, 5.41) is 2.09. The third kappa shape index (κ3) is 3.49. The van der Waals surface area contributed by atoms with Gasteiger partial charge in [0.05, 0.1) is 22.4 Å². The molecule has 0 radical (unpaired) electrons. The lowest BCUT2D eigenvalue weighted by Gasteiger charge is -2.45. The summed E-state index contributed by atoms with van der Waals surface area (Å²) in [5.74, 6) is -4.06. The summed E-state index contributed by atoms with van der Waals surface area (Å²) in [6, 6.07) is 30.8. The molecule has 0 N–H and O–H groups in total. The Labute approximate surface area is 235 Å². The fraction of sp³-hybridized carbons (Fsp3) is 0.152. The lowest BCUT2D eigenvalue weighted by Crippen LogP contribution is -2.52. The summed E-state index contributed by atoms with van der Waals surface area (Å²) < 4.78 is 0. The Balaban J connectivity index is 1.35. The molecule has 1 saturated heterocycles. The van der Waals surface area contributed by atoms with E-state index in [0.717, 1.165) is 32.3 Å². The molecule has 0 unspecified atom stereocenters. The van der Waals surface area contributed by atoms with Crippen LogP contribution in [0.4, 0.5) is 0 Å². The van der Waals surface area contributed by atoms with Gasteiger partial charge in [0.2, 0.25) is 0 Å². The van der Waals surface area contributed by atoms with Crippen LogP contribution in [0.5, 0.6) is 0 Å². The number of carbonyl (C=O) groups excluding carboxylic acids is 4. The molecule has 3 aliphatic carbocycles. The second-order valence-corrected chi connectivity index (χ2v) is 10.8. The van der Waals surface area contributed by atoms with Gasteiger partial charge in [0, 0.05) is 17.4 Å². The van der Waals surface area contributed by atoms with Crippen LogP contribution in [-0.2, 0) is 9.59 Å². The molecule has 6 nitrogen and oxygen atoms in total. The smallest absolute Gasteiger partial charge is 0.274 e. The van der Waals surface area contributed by atoms with Gasteiger partial charge in [-0.25, -0.2) is 5.01 Å². The van der Waals surface area contributed by atoms with Gasteiger partial charge in [-0.1, -0.05) is 103 Å². The van der Waals surface area contributed by atoms with E-state index in [-0.39, 0.29) is 22.4 Å².